The number of hydrogen-bond donors (Lipinski definition) is 1. The average molecular weight is 274 g/mol. The second kappa shape index (κ2) is 6.73. The summed E-state index contributed by atoms with van der Waals surface area (Å²) in [7, 11) is 0. The maximum Gasteiger partial charge on any atom is 0.0250 e. The van der Waals surface area contributed by atoms with Crippen LogP contribution >= 0.6 is 0 Å². The average Bonchev–Trinajstić information content (AvgIpc) is 2.42. The number of rotatable bonds is 4. The Kier molecular flexibility index (Phi) is 5.22. The van der Waals surface area contributed by atoms with E-state index in [1.165, 1.54) is 23.1 Å². The number of nitrogens with zero attached hydrogens (tertiary/aromatic N) is 1. The summed E-state index contributed by atoms with van der Waals surface area (Å²) in [6.45, 7) is 14.8. The molecule has 3 unspecified atom stereocenters. The van der Waals surface area contributed by atoms with Crippen LogP contribution in [0.1, 0.15) is 43.9 Å². The molecule has 2 heteroatoms. The van der Waals surface area contributed by atoms with Crippen molar-refractivity contribution in [2.75, 3.05) is 13.1 Å². The van der Waals surface area contributed by atoms with Crippen LogP contribution in [0.25, 0.3) is 0 Å². The molecule has 1 aromatic rings. The van der Waals surface area contributed by atoms with Crippen LogP contribution < -0.4 is 5.32 Å². The smallest absolute Gasteiger partial charge is 0.0250 e. The predicted octanol–water partition coefficient (Wildman–Crippen LogP) is 3.51. The van der Waals surface area contributed by atoms with Gasteiger partial charge in [0.05, 0.1) is 0 Å². The summed E-state index contributed by atoms with van der Waals surface area (Å²) in [5.74, 6) is 0.750. The summed E-state index contributed by atoms with van der Waals surface area (Å²) in [5, 5.41) is 3.65. The van der Waals surface area contributed by atoms with E-state index >= 15 is 0 Å². The molecule has 0 spiro atoms. The van der Waals surface area contributed by atoms with Gasteiger partial charge in [-0.15, -0.1) is 0 Å². The number of benzene rings is 1. The van der Waals surface area contributed by atoms with Crippen molar-refractivity contribution in [2.24, 2.45) is 5.92 Å². The van der Waals surface area contributed by atoms with Crippen molar-refractivity contribution in [1.29, 1.82) is 0 Å². The van der Waals surface area contributed by atoms with Gasteiger partial charge in [0.15, 0.2) is 0 Å². The highest BCUT2D eigenvalue weighted by atomic mass is 15.2. The maximum atomic E-state index is 3.65. The van der Waals surface area contributed by atoms with Gasteiger partial charge in [-0.25, -0.2) is 0 Å². The van der Waals surface area contributed by atoms with E-state index in [-0.39, 0.29) is 0 Å². The Hall–Kier alpha value is -0.860. The quantitative estimate of drug-likeness (QED) is 0.904. The molecule has 0 amide bonds. The van der Waals surface area contributed by atoms with Crippen LogP contribution in [0.5, 0.6) is 0 Å². The lowest BCUT2D eigenvalue weighted by Crippen LogP contribution is -2.57. The van der Waals surface area contributed by atoms with E-state index in [9.17, 15) is 0 Å². The molecule has 1 aliphatic rings. The fourth-order valence-corrected chi connectivity index (χ4v) is 3.21. The lowest BCUT2D eigenvalue weighted by atomic mass is 9.93. The van der Waals surface area contributed by atoms with Gasteiger partial charge in [0.25, 0.3) is 0 Å². The molecule has 112 valence electrons. The van der Waals surface area contributed by atoms with E-state index in [0.717, 1.165) is 25.6 Å². The fourth-order valence-electron chi connectivity index (χ4n) is 3.21. The van der Waals surface area contributed by atoms with Crippen molar-refractivity contribution in [2.45, 2.75) is 59.7 Å². The van der Waals surface area contributed by atoms with Crippen molar-refractivity contribution in [3.05, 3.63) is 34.9 Å². The van der Waals surface area contributed by atoms with Crippen LogP contribution in [-0.4, -0.2) is 30.1 Å². The zero-order valence-electron chi connectivity index (χ0n) is 13.7. The van der Waals surface area contributed by atoms with Gasteiger partial charge in [-0.2, -0.15) is 0 Å². The molecule has 2 nitrogen and oxygen atoms in total. The second-order valence-corrected chi connectivity index (χ2v) is 6.62. The number of aryl methyl sites for hydroxylation is 2. The minimum atomic E-state index is 0.598. The molecule has 3 atom stereocenters. The van der Waals surface area contributed by atoms with E-state index in [1.807, 2.05) is 0 Å². The normalized spacial score (nSPS) is 25.6. The number of hydrogen-bond acceptors (Lipinski definition) is 2. The Balaban J connectivity index is 2.16. The van der Waals surface area contributed by atoms with Crippen LogP contribution in [0.2, 0.25) is 0 Å². The number of piperazine rings is 1. The molecule has 1 saturated heterocycles. The summed E-state index contributed by atoms with van der Waals surface area (Å²) in [6.07, 6.45) is 1.25. The van der Waals surface area contributed by atoms with Crippen molar-refractivity contribution >= 4 is 0 Å². The highest BCUT2D eigenvalue weighted by molar-refractivity contribution is 5.30. The molecule has 1 fully saturated rings. The van der Waals surface area contributed by atoms with Crippen LogP contribution in [0.3, 0.4) is 0 Å². The lowest BCUT2D eigenvalue weighted by molar-refractivity contribution is 0.0883. The number of nitrogens with one attached hydrogen (secondary N) is 1. The molecule has 1 heterocycles. The van der Waals surface area contributed by atoms with Crippen LogP contribution in [0, 0.1) is 19.8 Å². The van der Waals surface area contributed by atoms with E-state index in [0.29, 0.717) is 12.1 Å². The summed E-state index contributed by atoms with van der Waals surface area (Å²) in [4.78, 5) is 2.69. The molecule has 2 rings (SSSR count). The largest absolute Gasteiger partial charge is 0.311 e. The zero-order valence-corrected chi connectivity index (χ0v) is 13.7. The zero-order chi connectivity index (χ0) is 14.7. The maximum absolute atomic E-state index is 3.65. The third-order valence-electron chi connectivity index (χ3n) is 4.83. The lowest BCUT2D eigenvalue weighted by Gasteiger charge is -2.42. The SMILES string of the molecule is CCC(C)C1CNC(C)CN1Cc1cc(C)ccc1C. The van der Waals surface area contributed by atoms with Gasteiger partial charge in [-0.1, -0.05) is 44.0 Å². The Morgan fingerprint density at radius 1 is 1.35 bits per heavy atom. The third-order valence-corrected chi connectivity index (χ3v) is 4.83. The van der Waals surface area contributed by atoms with Gasteiger partial charge in [-0.3, -0.25) is 4.90 Å². The first-order valence-corrected chi connectivity index (χ1v) is 8.04. The minimum absolute atomic E-state index is 0.598. The molecule has 20 heavy (non-hydrogen) atoms. The Morgan fingerprint density at radius 2 is 2.10 bits per heavy atom. The van der Waals surface area contributed by atoms with Crippen LogP contribution in [0.15, 0.2) is 18.2 Å². The molecule has 0 aliphatic carbocycles. The van der Waals surface area contributed by atoms with Crippen molar-refractivity contribution in [3.63, 3.8) is 0 Å². The fraction of sp³-hybridized carbons (Fsp3) is 0.667. The van der Waals surface area contributed by atoms with Crippen LogP contribution in [0.4, 0.5) is 0 Å². The highest BCUT2D eigenvalue weighted by Crippen LogP contribution is 2.22. The van der Waals surface area contributed by atoms with Crippen LogP contribution in [-0.2, 0) is 6.54 Å². The van der Waals surface area contributed by atoms with Gasteiger partial charge in [0.2, 0.25) is 0 Å². The van der Waals surface area contributed by atoms with Gasteiger partial charge < -0.3 is 5.32 Å². The van der Waals surface area contributed by atoms with Crippen molar-refractivity contribution in [1.82, 2.24) is 10.2 Å². The topological polar surface area (TPSA) is 15.3 Å². The van der Waals surface area contributed by atoms with Gasteiger partial charge >= 0.3 is 0 Å². The molecule has 1 aliphatic heterocycles. The molecule has 0 aromatic heterocycles. The third kappa shape index (κ3) is 3.62. The first-order chi connectivity index (χ1) is 9.51. The van der Waals surface area contributed by atoms with E-state index < -0.39 is 0 Å². The van der Waals surface area contributed by atoms with Crippen molar-refractivity contribution in [3.8, 4) is 0 Å². The molecule has 1 aromatic carbocycles. The second-order valence-electron chi connectivity index (χ2n) is 6.62. The predicted molar refractivity (Wildman–Crippen MR) is 87.0 cm³/mol. The Bertz CT molecular complexity index is 441. The van der Waals surface area contributed by atoms with Gasteiger partial charge in [0.1, 0.15) is 0 Å². The standard InChI is InChI=1S/C18H30N2/c1-6-14(3)18-10-19-16(5)11-20(18)12-17-9-13(2)7-8-15(17)4/h7-9,14,16,18-19H,6,10-12H2,1-5H3. The molecule has 0 saturated carbocycles. The summed E-state index contributed by atoms with van der Waals surface area (Å²) >= 11 is 0. The summed E-state index contributed by atoms with van der Waals surface area (Å²) < 4.78 is 0. The summed E-state index contributed by atoms with van der Waals surface area (Å²) in [5.41, 5.74) is 4.28. The molecule has 0 radical (unpaired) electrons. The van der Waals surface area contributed by atoms with Gasteiger partial charge in [-0.05, 0) is 37.8 Å². The molecule has 1 N–H and O–H groups in total. The monoisotopic (exact) mass is 274 g/mol. The molecular formula is C18H30N2. The van der Waals surface area contributed by atoms with E-state index in [2.05, 4.69) is 63.0 Å². The minimum Gasteiger partial charge on any atom is -0.311 e. The first kappa shape index (κ1) is 15.5. The Morgan fingerprint density at radius 3 is 2.80 bits per heavy atom. The summed E-state index contributed by atoms with van der Waals surface area (Å²) in [6, 6.07) is 8.09. The van der Waals surface area contributed by atoms with E-state index in [1.54, 1.807) is 0 Å². The highest BCUT2D eigenvalue weighted by Gasteiger charge is 2.29. The van der Waals surface area contributed by atoms with E-state index in [4.69, 9.17) is 0 Å². The molecular weight excluding hydrogens is 244 g/mol. The first-order valence-electron chi connectivity index (χ1n) is 8.04. The molecule has 0 bridgehead atoms. The van der Waals surface area contributed by atoms with Gasteiger partial charge in [0, 0.05) is 31.7 Å². The van der Waals surface area contributed by atoms with Crippen molar-refractivity contribution < 1.29 is 0 Å². The Labute approximate surface area is 124 Å².